The van der Waals surface area contributed by atoms with Crippen LogP contribution in [0.25, 0.3) is 10.9 Å². The first kappa shape index (κ1) is 19.0. The minimum atomic E-state index is -3.39. The average Bonchev–Trinajstić information content (AvgIpc) is 2.64. The minimum Gasteiger partial charge on any atom is -0.336 e. The van der Waals surface area contributed by atoms with Crippen molar-refractivity contribution < 1.29 is 13.2 Å². The summed E-state index contributed by atoms with van der Waals surface area (Å²) in [7, 11) is -3.39. The number of pyridine rings is 1. The Bertz CT molecular complexity index is 1030. The number of nitrogens with zero attached hydrogens (tertiary/aromatic N) is 2. The molecule has 0 saturated carbocycles. The highest BCUT2D eigenvalue weighted by atomic mass is 32.2. The SMILES string of the molecule is CS(=O)(=O)CC(=O)N(CCc1ccccc1)Cc1ccc2ccccc2n1. The highest BCUT2D eigenvalue weighted by Crippen LogP contribution is 2.14. The number of benzene rings is 2. The van der Waals surface area contributed by atoms with Gasteiger partial charge >= 0.3 is 0 Å². The van der Waals surface area contributed by atoms with Gasteiger partial charge in [0, 0.05) is 18.2 Å². The summed E-state index contributed by atoms with van der Waals surface area (Å²) in [6.45, 7) is 0.721. The van der Waals surface area contributed by atoms with Gasteiger partial charge in [0.25, 0.3) is 0 Å². The zero-order valence-electron chi connectivity index (χ0n) is 15.2. The van der Waals surface area contributed by atoms with Gasteiger partial charge in [-0.25, -0.2) is 8.42 Å². The Morgan fingerprint density at radius 2 is 1.67 bits per heavy atom. The van der Waals surface area contributed by atoms with Crippen LogP contribution in [0.1, 0.15) is 11.3 Å². The number of fused-ring (bicyclic) bond motifs is 1. The maximum absolute atomic E-state index is 12.6. The fourth-order valence-electron chi connectivity index (χ4n) is 2.91. The molecule has 0 aliphatic carbocycles. The van der Waals surface area contributed by atoms with E-state index in [1.54, 1.807) is 4.90 Å². The van der Waals surface area contributed by atoms with Crippen molar-refractivity contribution in [2.75, 3.05) is 18.6 Å². The summed E-state index contributed by atoms with van der Waals surface area (Å²) in [5.74, 6) is -0.890. The van der Waals surface area contributed by atoms with Crippen molar-refractivity contribution in [3.8, 4) is 0 Å². The molecule has 0 fully saturated rings. The molecule has 0 bridgehead atoms. The molecule has 0 aliphatic rings. The van der Waals surface area contributed by atoms with Crippen LogP contribution in [0.2, 0.25) is 0 Å². The number of amides is 1. The van der Waals surface area contributed by atoms with Crippen LogP contribution < -0.4 is 0 Å². The Labute approximate surface area is 159 Å². The monoisotopic (exact) mass is 382 g/mol. The van der Waals surface area contributed by atoms with Gasteiger partial charge in [-0.1, -0.05) is 54.6 Å². The van der Waals surface area contributed by atoms with Gasteiger partial charge < -0.3 is 4.90 Å². The maximum Gasteiger partial charge on any atom is 0.238 e. The number of para-hydroxylation sites is 1. The van der Waals surface area contributed by atoms with E-state index >= 15 is 0 Å². The molecule has 0 radical (unpaired) electrons. The molecule has 0 spiro atoms. The first-order valence-electron chi connectivity index (χ1n) is 8.75. The summed E-state index contributed by atoms with van der Waals surface area (Å²) < 4.78 is 23.2. The van der Waals surface area contributed by atoms with Gasteiger partial charge in [-0.2, -0.15) is 0 Å². The smallest absolute Gasteiger partial charge is 0.238 e. The number of carbonyl (C=O) groups excluding carboxylic acids is 1. The zero-order chi connectivity index (χ0) is 19.3. The Morgan fingerprint density at radius 3 is 2.41 bits per heavy atom. The fraction of sp³-hybridized carbons (Fsp3) is 0.238. The van der Waals surface area contributed by atoms with Crippen LogP contribution >= 0.6 is 0 Å². The summed E-state index contributed by atoms with van der Waals surface area (Å²) in [5, 5.41) is 1.03. The molecule has 0 aliphatic heterocycles. The van der Waals surface area contributed by atoms with Gasteiger partial charge in [0.15, 0.2) is 9.84 Å². The molecular formula is C21H22N2O3S. The second kappa shape index (κ2) is 8.31. The molecule has 0 unspecified atom stereocenters. The fourth-order valence-corrected chi connectivity index (χ4v) is 3.54. The number of carbonyl (C=O) groups is 1. The predicted molar refractivity (Wildman–Crippen MR) is 107 cm³/mol. The third kappa shape index (κ3) is 5.62. The second-order valence-corrected chi connectivity index (χ2v) is 8.76. The van der Waals surface area contributed by atoms with E-state index in [4.69, 9.17) is 0 Å². The van der Waals surface area contributed by atoms with Gasteiger partial charge in [-0.3, -0.25) is 9.78 Å². The van der Waals surface area contributed by atoms with Crippen LogP contribution in [0.15, 0.2) is 66.7 Å². The third-order valence-electron chi connectivity index (χ3n) is 4.26. The van der Waals surface area contributed by atoms with E-state index in [9.17, 15) is 13.2 Å². The number of hydrogen-bond donors (Lipinski definition) is 0. The van der Waals surface area contributed by atoms with Crippen LogP contribution in [-0.4, -0.2) is 42.8 Å². The van der Waals surface area contributed by atoms with E-state index in [0.717, 1.165) is 28.4 Å². The number of sulfone groups is 1. The summed E-state index contributed by atoms with van der Waals surface area (Å²) in [5.41, 5.74) is 2.69. The maximum atomic E-state index is 12.6. The molecule has 27 heavy (non-hydrogen) atoms. The first-order valence-corrected chi connectivity index (χ1v) is 10.8. The highest BCUT2D eigenvalue weighted by molar-refractivity contribution is 7.91. The van der Waals surface area contributed by atoms with Crippen molar-refractivity contribution in [1.82, 2.24) is 9.88 Å². The number of aromatic nitrogens is 1. The summed E-state index contributed by atoms with van der Waals surface area (Å²) in [6.07, 6.45) is 1.73. The molecule has 0 N–H and O–H groups in total. The van der Waals surface area contributed by atoms with E-state index in [0.29, 0.717) is 13.0 Å². The van der Waals surface area contributed by atoms with Gasteiger partial charge in [-0.05, 0) is 24.1 Å². The van der Waals surface area contributed by atoms with Crippen molar-refractivity contribution in [2.24, 2.45) is 0 Å². The lowest BCUT2D eigenvalue weighted by Crippen LogP contribution is -2.36. The van der Waals surface area contributed by atoms with Gasteiger partial charge in [0.2, 0.25) is 5.91 Å². The summed E-state index contributed by atoms with van der Waals surface area (Å²) in [4.78, 5) is 18.7. The average molecular weight is 382 g/mol. The molecule has 0 atom stereocenters. The van der Waals surface area contributed by atoms with Gasteiger partial charge in [-0.15, -0.1) is 0 Å². The van der Waals surface area contributed by atoms with Crippen LogP contribution in [0, 0.1) is 0 Å². The lowest BCUT2D eigenvalue weighted by Gasteiger charge is -2.22. The molecule has 2 aromatic carbocycles. The van der Waals surface area contributed by atoms with E-state index in [2.05, 4.69) is 4.98 Å². The Balaban J connectivity index is 1.79. The standard InChI is InChI=1S/C21H22N2O3S/c1-27(25,26)16-21(24)23(14-13-17-7-3-2-4-8-17)15-19-12-11-18-9-5-6-10-20(18)22-19/h2-12H,13-16H2,1H3. The van der Waals surface area contributed by atoms with Crippen LogP contribution in [0.5, 0.6) is 0 Å². The zero-order valence-corrected chi connectivity index (χ0v) is 16.0. The van der Waals surface area contributed by atoms with Crippen LogP contribution in [0.3, 0.4) is 0 Å². The van der Waals surface area contributed by atoms with Crippen molar-refractivity contribution in [2.45, 2.75) is 13.0 Å². The van der Waals surface area contributed by atoms with Crippen molar-refractivity contribution in [3.05, 3.63) is 78.0 Å². The quantitative estimate of drug-likeness (QED) is 0.630. The largest absolute Gasteiger partial charge is 0.336 e. The summed E-state index contributed by atoms with van der Waals surface area (Å²) in [6, 6.07) is 21.4. The Kier molecular flexibility index (Phi) is 5.86. The van der Waals surface area contributed by atoms with Gasteiger partial charge in [0.05, 0.1) is 17.8 Å². The molecule has 0 saturated heterocycles. The second-order valence-electron chi connectivity index (χ2n) is 6.62. The topological polar surface area (TPSA) is 67.3 Å². The number of rotatable bonds is 7. The summed E-state index contributed by atoms with van der Waals surface area (Å²) >= 11 is 0. The Morgan fingerprint density at radius 1 is 0.963 bits per heavy atom. The molecule has 3 rings (SSSR count). The molecule has 1 aromatic heterocycles. The lowest BCUT2D eigenvalue weighted by atomic mass is 10.1. The molecule has 5 nitrogen and oxygen atoms in total. The van der Waals surface area contributed by atoms with Crippen molar-refractivity contribution in [1.29, 1.82) is 0 Å². The first-order chi connectivity index (χ1) is 12.9. The van der Waals surface area contributed by atoms with Crippen LogP contribution in [0.4, 0.5) is 0 Å². The van der Waals surface area contributed by atoms with Crippen molar-refractivity contribution in [3.63, 3.8) is 0 Å². The normalized spacial score (nSPS) is 11.4. The van der Waals surface area contributed by atoms with Gasteiger partial charge in [0.1, 0.15) is 5.75 Å². The Hall–Kier alpha value is -2.73. The van der Waals surface area contributed by atoms with E-state index in [1.165, 1.54) is 0 Å². The predicted octanol–water partition coefficient (Wildman–Crippen LogP) is 2.85. The lowest BCUT2D eigenvalue weighted by molar-refractivity contribution is -0.129. The molecule has 140 valence electrons. The molecular weight excluding hydrogens is 360 g/mol. The third-order valence-corrected chi connectivity index (χ3v) is 5.03. The van der Waals surface area contributed by atoms with E-state index < -0.39 is 21.5 Å². The van der Waals surface area contributed by atoms with Crippen molar-refractivity contribution >= 4 is 26.6 Å². The minimum absolute atomic E-state index is 0.284. The highest BCUT2D eigenvalue weighted by Gasteiger charge is 2.19. The molecule has 6 heteroatoms. The van der Waals surface area contributed by atoms with E-state index in [-0.39, 0.29) is 6.54 Å². The molecule has 3 aromatic rings. The van der Waals surface area contributed by atoms with Crippen LogP contribution in [-0.2, 0) is 27.6 Å². The van der Waals surface area contributed by atoms with E-state index in [1.807, 2.05) is 66.7 Å². The molecule has 1 amide bonds. The number of hydrogen-bond acceptors (Lipinski definition) is 4. The molecule has 1 heterocycles.